The molecule has 2 aromatic carbocycles. The second-order valence-electron chi connectivity index (χ2n) is 5.34. The minimum absolute atomic E-state index is 0.230. The predicted molar refractivity (Wildman–Crippen MR) is 90.0 cm³/mol. The van der Waals surface area contributed by atoms with Crippen molar-refractivity contribution in [3.8, 4) is 17.0 Å². The van der Waals surface area contributed by atoms with Crippen LogP contribution in [0.3, 0.4) is 0 Å². The zero-order valence-corrected chi connectivity index (χ0v) is 13.0. The number of carboxylic acids is 1. The summed E-state index contributed by atoms with van der Waals surface area (Å²) in [6.45, 7) is 4.42. The van der Waals surface area contributed by atoms with E-state index in [1.165, 1.54) is 0 Å². The van der Waals surface area contributed by atoms with E-state index in [-0.39, 0.29) is 5.56 Å². The Labute approximate surface area is 134 Å². The highest BCUT2D eigenvalue weighted by atomic mass is 16.5. The maximum absolute atomic E-state index is 11.7. The summed E-state index contributed by atoms with van der Waals surface area (Å²) in [4.78, 5) is 16.3. The summed E-state index contributed by atoms with van der Waals surface area (Å²) >= 11 is 0. The third-order valence-electron chi connectivity index (χ3n) is 3.64. The first-order chi connectivity index (χ1) is 11.1. The van der Waals surface area contributed by atoms with E-state index in [0.29, 0.717) is 29.0 Å². The molecule has 1 N–H and O–H groups in total. The molecule has 0 aliphatic carbocycles. The number of aryl methyl sites for hydroxylation is 1. The van der Waals surface area contributed by atoms with Crippen LogP contribution < -0.4 is 4.74 Å². The van der Waals surface area contributed by atoms with Crippen LogP contribution in [0.1, 0.15) is 22.8 Å². The summed E-state index contributed by atoms with van der Waals surface area (Å²) in [5.74, 6) is -0.326. The Morgan fingerprint density at radius 3 is 2.70 bits per heavy atom. The topological polar surface area (TPSA) is 59.4 Å². The highest BCUT2D eigenvalue weighted by Crippen LogP contribution is 2.28. The number of aromatic carboxylic acids is 1. The van der Waals surface area contributed by atoms with E-state index < -0.39 is 5.97 Å². The van der Waals surface area contributed by atoms with Crippen LogP contribution in [0.4, 0.5) is 0 Å². The van der Waals surface area contributed by atoms with E-state index in [1.807, 2.05) is 44.2 Å². The molecular formula is C19H17NO3. The number of hydrogen-bond donors (Lipinski definition) is 1. The monoisotopic (exact) mass is 307 g/mol. The van der Waals surface area contributed by atoms with Gasteiger partial charge in [0, 0.05) is 10.9 Å². The number of nitrogens with zero attached hydrogens (tertiary/aromatic N) is 1. The number of carboxylic acid groups (broad SMARTS) is 1. The summed E-state index contributed by atoms with van der Waals surface area (Å²) in [7, 11) is 0. The van der Waals surface area contributed by atoms with Gasteiger partial charge in [0.2, 0.25) is 0 Å². The molecule has 0 aliphatic heterocycles. The molecule has 0 radical (unpaired) electrons. The molecule has 0 saturated heterocycles. The molecule has 3 rings (SSSR count). The van der Waals surface area contributed by atoms with Crippen molar-refractivity contribution in [2.75, 3.05) is 6.61 Å². The lowest BCUT2D eigenvalue weighted by molar-refractivity contribution is 0.0699. The average Bonchev–Trinajstić information content (AvgIpc) is 2.54. The molecule has 0 atom stereocenters. The molecule has 0 spiro atoms. The maximum atomic E-state index is 11.7. The highest BCUT2D eigenvalue weighted by Gasteiger charge is 2.14. The van der Waals surface area contributed by atoms with Gasteiger partial charge in [-0.1, -0.05) is 23.8 Å². The summed E-state index contributed by atoms with van der Waals surface area (Å²) < 4.78 is 5.46. The third kappa shape index (κ3) is 3.01. The van der Waals surface area contributed by atoms with E-state index in [9.17, 15) is 9.90 Å². The SMILES string of the molecule is CCOc1ccc2nc(-c3cccc(C)c3)cc(C(=O)O)c2c1. The molecule has 23 heavy (non-hydrogen) atoms. The molecule has 4 nitrogen and oxygen atoms in total. The number of fused-ring (bicyclic) bond motifs is 1. The van der Waals surface area contributed by atoms with Gasteiger partial charge in [-0.25, -0.2) is 9.78 Å². The fourth-order valence-electron chi connectivity index (χ4n) is 2.59. The van der Waals surface area contributed by atoms with Crippen LogP contribution in [0.5, 0.6) is 5.75 Å². The fraction of sp³-hybridized carbons (Fsp3) is 0.158. The van der Waals surface area contributed by atoms with Crippen molar-refractivity contribution < 1.29 is 14.6 Å². The number of aromatic nitrogens is 1. The summed E-state index contributed by atoms with van der Waals surface area (Å²) in [6.07, 6.45) is 0. The average molecular weight is 307 g/mol. The molecule has 0 aliphatic rings. The second kappa shape index (κ2) is 6.08. The lowest BCUT2D eigenvalue weighted by atomic mass is 10.0. The van der Waals surface area contributed by atoms with Gasteiger partial charge in [-0.05, 0) is 44.2 Å². The van der Waals surface area contributed by atoms with Crippen LogP contribution in [0.2, 0.25) is 0 Å². The molecule has 1 heterocycles. The minimum atomic E-state index is -0.972. The van der Waals surface area contributed by atoms with Crippen molar-refractivity contribution in [3.05, 3.63) is 59.7 Å². The zero-order chi connectivity index (χ0) is 16.4. The minimum Gasteiger partial charge on any atom is -0.494 e. The number of pyridine rings is 1. The van der Waals surface area contributed by atoms with Gasteiger partial charge < -0.3 is 9.84 Å². The van der Waals surface area contributed by atoms with Crippen LogP contribution in [0.15, 0.2) is 48.5 Å². The Balaban J connectivity index is 2.23. The number of benzene rings is 2. The van der Waals surface area contributed by atoms with E-state index in [0.717, 1.165) is 11.1 Å². The van der Waals surface area contributed by atoms with Gasteiger partial charge in [0.25, 0.3) is 0 Å². The predicted octanol–water partition coefficient (Wildman–Crippen LogP) is 4.31. The quantitative estimate of drug-likeness (QED) is 0.780. The number of ether oxygens (including phenoxy) is 1. The Morgan fingerprint density at radius 1 is 1.17 bits per heavy atom. The van der Waals surface area contributed by atoms with Gasteiger partial charge in [-0.3, -0.25) is 0 Å². The summed E-state index contributed by atoms with van der Waals surface area (Å²) in [6, 6.07) is 14.8. The first kappa shape index (κ1) is 15.0. The molecule has 0 unspecified atom stereocenters. The van der Waals surface area contributed by atoms with Crippen LogP contribution in [-0.2, 0) is 0 Å². The molecule has 0 amide bonds. The van der Waals surface area contributed by atoms with Crippen molar-refractivity contribution in [2.24, 2.45) is 0 Å². The van der Waals surface area contributed by atoms with E-state index in [2.05, 4.69) is 4.98 Å². The van der Waals surface area contributed by atoms with Gasteiger partial charge in [-0.2, -0.15) is 0 Å². The summed E-state index contributed by atoms with van der Waals surface area (Å²) in [5.41, 5.74) is 3.54. The third-order valence-corrected chi connectivity index (χ3v) is 3.64. The van der Waals surface area contributed by atoms with Gasteiger partial charge in [0.05, 0.1) is 23.4 Å². The van der Waals surface area contributed by atoms with E-state index in [4.69, 9.17) is 4.74 Å². The van der Waals surface area contributed by atoms with Crippen molar-refractivity contribution in [1.82, 2.24) is 4.98 Å². The molecule has 3 aromatic rings. The zero-order valence-electron chi connectivity index (χ0n) is 13.0. The van der Waals surface area contributed by atoms with Gasteiger partial charge in [0.1, 0.15) is 5.75 Å². The van der Waals surface area contributed by atoms with Crippen LogP contribution in [-0.4, -0.2) is 22.7 Å². The Kier molecular flexibility index (Phi) is 3.98. The Hall–Kier alpha value is -2.88. The largest absolute Gasteiger partial charge is 0.494 e. The van der Waals surface area contributed by atoms with E-state index in [1.54, 1.807) is 18.2 Å². The lowest BCUT2D eigenvalue weighted by Crippen LogP contribution is -2.01. The van der Waals surface area contributed by atoms with Crippen molar-refractivity contribution in [2.45, 2.75) is 13.8 Å². The van der Waals surface area contributed by atoms with Gasteiger partial charge >= 0.3 is 5.97 Å². The maximum Gasteiger partial charge on any atom is 0.336 e. The number of rotatable bonds is 4. The lowest BCUT2D eigenvalue weighted by Gasteiger charge is -2.10. The Morgan fingerprint density at radius 2 is 2.00 bits per heavy atom. The standard InChI is InChI=1S/C19H17NO3/c1-3-23-14-7-8-17-15(10-14)16(19(21)22)11-18(20-17)13-6-4-5-12(2)9-13/h4-11H,3H2,1-2H3,(H,21,22). The number of carbonyl (C=O) groups is 1. The molecule has 0 fully saturated rings. The van der Waals surface area contributed by atoms with Crippen molar-refractivity contribution >= 4 is 16.9 Å². The molecule has 116 valence electrons. The highest BCUT2D eigenvalue weighted by molar-refractivity contribution is 6.04. The first-order valence-electron chi connectivity index (χ1n) is 7.46. The van der Waals surface area contributed by atoms with Crippen LogP contribution >= 0.6 is 0 Å². The van der Waals surface area contributed by atoms with Crippen molar-refractivity contribution in [3.63, 3.8) is 0 Å². The smallest absolute Gasteiger partial charge is 0.336 e. The second-order valence-corrected chi connectivity index (χ2v) is 5.34. The van der Waals surface area contributed by atoms with Gasteiger partial charge in [-0.15, -0.1) is 0 Å². The normalized spacial score (nSPS) is 10.7. The molecule has 4 heteroatoms. The molecule has 1 aromatic heterocycles. The van der Waals surface area contributed by atoms with E-state index >= 15 is 0 Å². The molecule has 0 bridgehead atoms. The number of hydrogen-bond acceptors (Lipinski definition) is 3. The van der Waals surface area contributed by atoms with Gasteiger partial charge in [0.15, 0.2) is 0 Å². The molecular weight excluding hydrogens is 290 g/mol. The summed E-state index contributed by atoms with van der Waals surface area (Å²) in [5, 5.41) is 10.1. The van der Waals surface area contributed by atoms with Crippen LogP contribution in [0, 0.1) is 6.92 Å². The Bertz CT molecular complexity index is 887. The first-order valence-corrected chi connectivity index (χ1v) is 7.46. The fourth-order valence-corrected chi connectivity index (χ4v) is 2.59. The molecule has 0 saturated carbocycles. The van der Waals surface area contributed by atoms with Crippen LogP contribution in [0.25, 0.3) is 22.2 Å². The van der Waals surface area contributed by atoms with Crippen molar-refractivity contribution in [1.29, 1.82) is 0 Å².